The Balaban J connectivity index is 2.02. The van der Waals surface area contributed by atoms with Gasteiger partial charge in [0, 0.05) is 17.9 Å². The van der Waals surface area contributed by atoms with E-state index in [0.29, 0.717) is 6.54 Å². The second-order valence-corrected chi connectivity index (χ2v) is 3.56. The van der Waals surface area contributed by atoms with Gasteiger partial charge in [-0.15, -0.1) is 0 Å². The predicted molar refractivity (Wildman–Crippen MR) is 64.6 cm³/mol. The average Bonchev–Trinajstić information content (AvgIpc) is 2.30. The van der Waals surface area contributed by atoms with E-state index in [1.54, 1.807) is 12.1 Å². The number of hydrogen-bond donors (Lipinski definition) is 2. The molecule has 0 radical (unpaired) electrons. The fourth-order valence-corrected chi connectivity index (χ4v) is 1.46. The van der Waals surface area contributed by atoms with Gasteiger partial charge >= 0.3 is 0 Å². The highest BCUT2D eigenvalue weighted by atomic mass is 19.1. The van der Waals surface area contributed by atoms with E-state index in [4.69, 9.17) is 5.73 Å². The first-order valence-electron chi connectivity index (χ1n) is 5.08. The molecule has 0 fully saturated rings. The van der Waals surface area contributed by atoms with Gasteiger partial charge in [0.05, 0.1) is 0 Å². The lowest BCUT2D eigenvalue weighted by molar-refractivity contribution is 0.628. The van der Waals surface area contributed by atoms with Crippen LogP contribution in [0.3, 0.4) is 0 Å². The highest BCUT2D eigenvalue weighted by molar-refractivity contribution is 5.50. The summed E-state index contributed by atoms with van der Waals surface area (Å²) < 4.78 is 12.7. The van der Waals surface area contributed by atoms with Crippen molar-refractivity contribution in [1.29, 1.82) is 0 Å². The first kappa shape index (κ1) is 10.5. The monoisotopic (exact) mass is 216 g/mol. The number of anilines is 2. The van der Waals surface area contributed by atoms with Crippen LogP contribution in [0, 0.1) is 5.82 Å². The van der Waals surface area contributed by atoms with E-state index in [1.165, 1.54) is 12.1 Å². The standard InChI is InChI=1S/C13H13FN2/c14-11-5-7-12(8-6-11)16-9-10-3-1-2-4-13(10)15/h1-8,16H,9,15H2. The zero-order chi connectivity index (χ0) is 11.4. The number of halogens is 1. The van der Waals surface area contributed by atoms with E-state index in [-0.39, 0.29) is 5.82 Å². The lowest BCUT2D eigenvalue weighted by Crippen LogP contribution is -2.02. The largest absolute Gasteiger partial charge is 0.398 e. The molecule has 0 aliphatic rings. The highest BCUT2D eigenvalue weighted by Crippen LogP contribution is 2.14. The number of hydrogen-bond acceptors (Lipinski definition) is 2. The molecular formula is C13H13FN2. The molecule has 16 heavy (non-hydrogen) atoms. The number of rotatable bonds is 3. The maximum atomic E-state index is 12.7. The summed E-state index contributed by atoms with van der Waals surface area (Å²) in [5.41, 5.74) is 8.48. The molecule has 2 rings (SSSR count). The molecule has 2 nitrogen and oxygen atoms in total. The van der Waals surface area contributed by atoms with Gasteiger partial charge in [-0.25, -0.2) is 4.39 Å². The van der Waals surface area contributed by atoms with Crippen molar-refractivity contribution < 1.29 is 4.39 Å². The van der Waals surface area contributed by atoms with Crippen molar-refractivity contribution >= 4 is 11.4 Å². The quantitative estimate of drug-likeness (QED) is 0.774. The normalized spacial score (nSPS) is 10.1. The van der Waals surface area contributed by atoms with Gasteiger partial charge in [-0.05, 0) is 35.9 Å². The molecule has 0 heterocycles. The van der Waals surface area contributed by atoms with E-state index < -0.39 is 0 Å². The second-order valence-electron chi connectivity index (χ2n) is 3.56. The Morgan fingerprint density at radius 2 is 1.69 bits per heavy atom. The van der Waals surface area contributed by atoms with Gasteiger partial charge in [0.15, 0.2) is 0 Å². The van der Waals surface area contributed by atoms with Crippen molar-refractivity contribution in [1.82, 2.24) is 0 Å². The van der Waals surface area contributed by atoms with Crippen molar-refractivity contribution in [3.8, 4) is 0 Å². The number of benzene rings is 2. The molecule has 82 valence electrons. The van der Waals surface area contributed by atoms with E-state index in [2.05, 4.69) is 5.32 Å². The molecule has 2 aromatic carbocycles. The van der Waals surface area contributed by atoms with Crippen molar-refractivity contribution in [3.05, 3.63) is 59.9 Å². The van der Waals surface area contributed by atoms with Crippen LogP contribution in [0.2, 0.25) is 0 Å². The zero-order valence-corrected chi connectivity index (χ0v) is 8.78. The van der Waals surface area contributed by atoms with Gasteiger partial charge in [-0.2, -0.15) is 0 Å². The molecule has 0 aliphatic heterocycles. The Morgan fingerprint density at radius 1 is 1.00 bits per heavy atom. The van der Waals surface area contributed by atoms with Crippen LogP contribution in [0.5, 0.6) is 0 Å². The van der Waals surface area contributed by atoms with E-state index in [1.807, 2.05) is 24.3 Å². The molecule has 0 aromatic heterocycles. The van der Waals surface area contributed by atoms with Gasteiger partial charge in [-0.1, -0.05) is 18.2 Å². The summed E-state index contributed by atoms with van der Waals surface area (Å²) in [6.07, 6.45) is 0. The fraction of sp³-hybridized carbons (Fsp3) is 0.0769. The summed E-state index contributed by atoms with van der Waals surface area (Å²) in [4.78, 5) is 0. The van der Waals surface area contributed by atoms with Gasteiger partial charge in [0.1, 0.15) is 5.82 Å². The number of para-hydroxylation sites is 1. The molecule has 0 saturated carbocycles. The molecule has 0 atom stereocenters. The Bertz CT molecular complexity index is 466. The van der Waals surface area contributed by atoms with Crippen LogP contribution in [0.15, 0.2) is 48.5 Å². The first-order valence-corrected chi connectivity index (χ1v) is 5.08. The predicted octanol–water partition coefficient (Wildman–Crippen LogP) is 3.02. The molecule has 0 spiro atoms. The Hall–Kier alpha value is -2.03. The maximum absolute atomic E-state index is 12.7. The van der Waals surface area contributed by atoms with Gasteiger partial charge in [-0.3, -0.25) is 0 Å². The lowest BCUT2D eigenvalue weighted by atomic mass is 10.2. The molecule has 2 aromatic rings. The Labute approximate surface area is 93.9 Å². The third-order valence-corrected chi connectivity index (χ3v) is 2.38. The minimum absolute atomic E-state index is 0.232. The molecular weight excluding hydrogens is 203 g/mol. The summed E-state index contributed by atoms with van der Waals surface area (Å²) in [6, 6.07) is 13.9. The molecule has 3 heteroatoms. The summed E-state index contributed by atoms with van der Waals surface area (Å²) in [7, 11) is 0. The number of nitrogens with two attached hydrogens (primary N) is 1. The Kier molecular flexibility index (Phi) is 3.05. The first-order chi connectivity index (χ1) is 7.75. The fourth-order valence-electron chi connectivity index (χ4n) is 1.46. The van der Waals surface area contributed by atoms with Crippen molar-refractivity contribution in [2.45, 2.75) is 6.54 Å². The highest BCUT2D eigenvalue weighted by Gasteiger charge is 1.97. The number of nitrogen functional groups attached to an aromatic ring is 1. The maximum Gasteiger partial charge on any atom is 0.123 e. The topological polar surface area (TPSA) is 38.0 Å². The van der Waals surface area contributed by atoms with Gasteiger partial charge in [0.2, 0.25) is 0 Å². The summed E-state index contributed by atoms with van der Waals surface area (Å²) in [6.45, 7) is 0.637. The molecule has 3 N–H and O–H groups in total. The minimum atomic E-state index is -0.232. The lowest BCUT2D eigenvalue weighted by Gasteiger charge is -2.08. The summed E-state index contributed by atoms with van der Waals surface area (Å²) >= 11 is 0. The van der Waals surface area contributed by atoms with Crippen LogP contribution < -0.4 is 11.1 Å². The van der Waals surface area contributed by atoms with Crippen LogP contribution in [0.1, 0.15) is 5.56 Å². The van der Waals surface area contributed by atoms with Crippen molar-refractivity contribution in [2.24, 2.45) is 0 Å². The smallest absolute Gasteiger partial charge is 0.123 e. The van der Waals surface area contributed by atoms with Crippen LogP contribution in [0.25, 0.3) is 0 Å². The molecule has 0 bridgehead atoms. The molecule has 0 unspecified atom stereocenters. The van der Waals surface area contributed by atoms with E-state index >= 15 is 0 Å². The van der Waals surface area contributed by atoms with E-state index in [0.717, 1.165) is 16.9 Å². The van der Waals surface area contributed by atoms with Gasteiger partial charge in [0.25, 0.3) is 0 Å². The van der Waals surface area contributed by atoms with Crippen LogP contribution in [0.4, 0.5) is 15.8 Å². The molecule has 0 amide bonds. The third-order valence-electron chi connectivity index (χ3n) is 2.38. The van der Waals surface area contributed by atoms with Crippen LogP contribution in [-0.4, -0.2) is 0 Å². The zero-order valence-electron chi connectivity index (χ0n) is 8.78. The SMILES string of the molecule is Nc1ccccc1CNc1ccc(F)cc1. The molecule has 0 aliphatic carbocycles. The average molecular weight is 216 g/mol. The molecule has 0 saturated heterocycles. The van der Waals surface area contributed by atoms with Crippen molar-refractivity contribution in [2.75, 3.05) is 11.1 Å². The van der Waals surface area contributed by atoms with Gasteiger partial charge < -0.3 is 11.1 Å². The van der Waals surface area contributed by atoms with Crippen LogP contribution >= 0.6 is 0 Å². The second kappa shape index (κ2) is 4.66. The third kappa shape index (κ3) is 2.51. The summed E-state index contributed by atoms with van der Waals surface area (Å²) in [5, 5.41) is 3.18. The van der Waals surface area contributed by atoms with E-state index in [9.17, 15) is 4.39 Å². The minimum Gasteiger partial charge on any atom is -0.398 e. The number of nitrogens with one attached hydrogen (secondary N) is 1. The van der Waals surface area contributed by atoms with Crippen molar-refractivity contribution in [3.63, 3.8) is 0 Å². The Morgan fingerprint density at radius 3 is 2.38 bits per heavy atom. The summed E-state index contributed by atoms with van der Waals surface area (Å²) in [5.74, 6) is -0.232. The van der Waals surface area contributed by atoms with Crippen LogP contribution in [-0.2, 0) is 6.54 Å².